The van der Waals surface area contributed by atoms with Crippen molar-refractivity contribution in [2.45, 2.75) is 32.4 Å². The summed E-state index contributed by atoms with van der Waals surface area (Å²) in [5.41, 5.74) is 2.59. The number of ether oxygens (including phenoxy) is 1. The van der Waals surface area contributed by atoms with Gasteiger partial charge in [-0.15, -0.1) is 0 Å². The first kappa shape index (κ1) is 20.9. The third kappa shape index (κ3) is 4.26. The van der Waals surface area contributed by atoms with Gasteiger partial charge in [-0.25, -0.2) is 18.2 Å². The van der Waals surface area contributed by atoms with Crippen LogP contribution in [0.15, 0.2) is 42.9 Å². The summed E-state index contributed by atoms with van der Waals surface area (Å²) in [4.78, 5) is 18.3. The zero-order valence-corrected chi connectivity index (χ0v) is 17.1. The maximum Gasteiger partial charge on any atom is 0.281 e. The zero-order chi connectivity index (χ0) is 22.2. The van der Waals surface area contributed by atoms with Gasteiger partial charge in [-0.05, 0) is 23.3 Å². The SMILES string of the molecule is CCC(F)(F)COc1nccc2c1C(=O)N(Cc1ccc(-c3cnn(C)c3)cc1F)C2. The van der Waals surface area contributed by atoms with Gasteiger partial charge in [0.15, 0.2) is 6.61 Å². The van der Waals surface area contributed by atoms with E-state index >= 15 is 0 Å². The minimum absolute atomic E-state index is 0.0389. The minimum atomic E-state index is -3.01. The monoisotopic (exact) mass is 430 g/mol. The molecule has 1 aliphatic heterocycles. The smallest absolute Gasteiger partial charge is 0.281 e. The lowest BCUT2D eigenvalue weighted by Crippen LogP contribution is -2.26. The Labute approximate surface area is 177 Å². The molecule has 0 aliphatic carbocycles. The second-order valence-electron chi connectivity index (χ2n) is 7.52. The van der Waals surface area contributed by atoms with Crippen LogP contribution < -0.4 is 4.74 Å². The molecule has 0 saturated heterocycles. The number of amides is 1. The van der Waals surface area contributed by atoms with E-state index in [4.69, 9.17) is 4.74 Å². The van der Waals surface area contributed by atoms with Crippen molar-refractivity contribution in [3.63, 3.8) is 0 Å². The highest BCUT2D eigenvalue weighted by Crippen LogP contribution is 2.32. The number of benzene rings is 1. The molecule has 0 atom stereocenters. The number of nitrogens with zero attached hydrogens (tertiary/aromatic N) is 4. The molecule has 0 saturated carbocycles. The van der Waals surface area contributed by atoms with E-state index in [-0.39, 0.29) is 31.0 Å². The Balaban J connectivity index is 1.51. The molecule has 0 spiro atoms. The number of halogens is 3. The van der Waals surface area contributed by atoms with Gasteiger partial charge in [0.25, 0.3) is 11.8 Å². The van der Waals surface area contributed by atoms with Gasteiger partial charge in [-0.2, -0.15) is 5.10 Å². The summed E-state index contributed by atoms with van der Waals surface area (Å²) < 4.78 is 48.7. The summed E-state index contributed by atoms with van der Waals surface area (Å²) in [7, 11) is 1.78. The van der Waals surface area contributed by atoms with Crippen LogP contribution in [0, 0.1) is 5.82 Å². The molecular weight excluding hydrogens is 409 g/mol. The van der Waals surface area contributed by atoms with Gasteiger partial charge >= 0.3 is 0 Å². The maximum absolute atomic E-state index is 14.7. The summed E-state index contributed by atoms with van der Waals surface area (Å²) >= 11 is 0. The van der Waals surface area contributed by atoms with E-state index in [9.17, 15) is 18.0 Å². The minimum Gasteiger partial charge on any atom is -0.471 e. The molecule has 162 valence electrons. The van der Waals surface area contributed by atoms with E-state index in [0.29, 0.717) is 16.7 Å². The maximum atomic E-state index is 14.7. The Morgan fingerprint density at radius 1 is 1.23 bits per heavy atom. The molecule has 1 aliphatic rings. The number of rotatable bonds is 7. The van der Waals surface area contributed by atoms with Crippen LogP contribution in [0.5, 0.6) is 5.88 Å². The van der Waals surface area contributed by atoms with Crippen LogP contribution in [0.1, 0.15) is 34.8 Å². The molecule has 3 heterocycles. The van der Waals surface area contributed by atoms with Crippen molar-refractivity contribution in [1.29, 1.82) is 0 Å². The molecule has 9 heteroatoms. The van der Waals surface area contributed by atoms with Crippen molar-refractivity contribution in [3.8, 4) is 17.0 Å². The van der Waals surface area contributed by atoms with Crippen LogP contribution in [0.3, 0.4) is 0 Å². The topological polar surface area (TPSA) is 60.2 Å². The van der Waals surface area contributed by atoms with Crippen molar-refractivity contribution in [2.75, 3.05) is 6.61 Å². The van der Waals surface area contributed by atoms with Crippen molar-refractivity contribution in [1.82, 2.24) is 19.7 Å². The van der Waals surface area contributed by atoms with Crippen molar-refractivity contribution in [3.05, 3.63) is 65.4 Å². The summed E-state index contributed by atoms with van der Waals surface area (Å²) in [6.07, 6.45) is 4.46. The fourth-order valence-corrected chi connectivity index (χ4v) is 3.42. The third-order valence-corrected chi connectivity index (χ3v) is 5.25. The van der Waals surface area contributed by atoms with Gasteiger partial charge in [0.2, 0.25) is 5.88 Å². The molecule has 0 unspecified atom stereocenters. The number of fused-ring (bicyclic) bond motifs is 1. The molecular formula is C22H21F3N4O2. The number of aryl methyl sites for hydroxylation is 1. The fraction of sp³-hybridized carbons (Fsp3) is 0.318. The van der Waals surface area contributed by atoms with Crippen molar-refractivity contribution >= 4 is 5.91 Å². The van der Waals surface area contributed by atoms with E-state index in [1.54, 1.807) is 42.3 Å². The number of alkyl halides is 2. The highest BCUT2D eigenvalue weighted by molar-refractivity contribution is 6.00. The molecule has 6 nitrogen and oxygen atoms in total. The second kappa shape index (κ2) is 8.05. The van der Waals surface area contributed by atoms with E-state index in [1.165, 1.54) is 24.1 Å². The number of hydrogen-bond donors (Lipinski definition) is 0. The Bertz CT molecular complexity index is 1130. The molecule has 4 rings (SSSR count). The molecule has 0 fully saturated rings. The van der Waals surface area contributed by atoms with Gasteiger partial charge < -0.3 is 9.64 Å². The first-order chi connectivity index (χ1) is 14.8. The van der Waals surface area contributed by atoms with E-state index in [0.717, 1.165) is 5.56 Å². The van der Waals surface area contributed by atoms with Gasteiger partial charge in [0, 0.05) is 50.1 Å². The molecule has 31 heavy (non-hydrogen) atoms. The molecule has 1 amide bonds. The van der Waals surface area contributed by atoms with Gasteiger partial charge in [-0.3, -0.25) is 9.48 Å². The predicted molar refractivity (Wildman–Crippen MR) is 107 cm³/mol. The first-order valence-electron chi connectivity index (χ1n) is 9.82. The predicted octanol–water partition coefficient (Wildman–Crippen LogP) is 4.20. The highest BCUT2D eigenvalue weighted by Gasteiger charge is 2.34. The molecule has 1 aromatic carbocycles. The summed E-state index contributed by atoms with van der Waals surface area (Å²) in [6, 6.07) is 6.44. The van der Waals surface area contributed by atoms with Gasteiger partial charge in [-0.1, -0.05) is 19.1 Å². The van der Waals surface area contributed by atoms with Crippen molar-refractivity contribution < 1.29 is 22.7 Å². The molecule has 0 bridgehead atoms. The molecule has 2 aromatic heterocycles. The summed E-state index contributed by atoms with van der Waals surface area (Å²) in [6.45, 7) is 0.760. The average molecular weight is 430 g/mol. The quantitative estimate of drug-likeness (QED) is 0.564. The standard InChI is InChI=1S/C22H21F3N4O2/c1-3-22(24,25)13-31-20-19-16(6-7-26-20)12-29(21(19)30)11-15-5-4-14(8-18(15)23)17-9-27-28(2)10-17/h4-10H,3,11-13H2,1-2H3. The van der Waals surface area contributed by atoms with Crippen LogP contribution >= 0.6 is 0 Å². The number of carbonyl (C=O) groups is 1. The van der Waals surface area contributed by atoms with E-state index in [1.807, 2.05) is 0 Å². The number of hydrogen-bond acceptors (Lipinski definition) is 4. The molecule has 0 radical (unpaired) electrons. The first-order valence-corrected chi connectivity index (χ1v) is 9.82. The Morgan fingerprint density at radius 3 is 2.71 bits per heavy atom. The van der Waals surface area contributed by atoms with Gasteiger partial charge in [0.05, 0.1) is 6.20 Å². The van der Waals surface area contributed by atoms with Crippen LogP contribution in [0.25, 0.3) is 11.1 Å². The normalized spacial score (nSPS) is 13.6. The number of aromatic nitrogens is 3. The third-order valence-electron chi connectivity index (χ3n) is 5.25. The lowest BCUT2D eigenvalue weighted by Gasteiger charge is -2.17. The highest BCUT2D eigenvalue weighted by atomic mass is 19.3. The average Bonchev–Trinajstić information content (AvgIpc) is 3.32. The van der Waals surface area contributed by atoms with Crippen molar-refractivity contribution in [2.24, 2.45) is 7.05 Å². The Hall–Kier alpha value is -3.36. The van der Waals surface area contributed by atoms with Crippen LogP contribution in [0.2, 0.25) is 0 Å². The number of carbonyl (C=O) groups excluding carboxylic acids is 1. The Morgan fingerprint density at radius 2 is 2.03 bits per heavy atom. The van der Waals surface area contributed by atoms with Crippen LogP contribution in [0.4, 0.5) is 13.2 Å². The summed E-state index contributed by atoms with van der Waals surface area (Å²) in [5, 5.41) is 4.08. The van der Waals surface area contributed by atoms with E-state index in [2.05, 4.69) is 10.1 Å². The number of pyridine rings is 1. The lowest BCUT2D eigenvalue weighted by molar-refractivity contribution is -0.0449. The zero-order valence-electron chi connectivity index (χ0n) is 17.1. The largest absolute Gasteiger partial charge is 0.471 e. The molecule has 3 aromatic rings. The van der Waals surface area contributed by atoms with Gasteiger partial charge in [0.1, 0.15) is 11.4 Å². The molecule has 0 N–H and O–H groups in total. The van der Waals surface area contributed by atoms with Crippen LogP contribution in [-0.2, 0) is 20.1 Å². The lowest BCUT2D eigenvalue weighted by atomic mass is 10.1. The van der Waals surface area contributed by atoms with Crippen LogP contribution in [-0.4, -0.2) is 38.1 Å². The summed E-state index contributed by atoms with van der Waals surface area (Å²) in [5.74, 6) is -3.99. The Kier molecular flexibility index (Phi) is 5.43. The van der Waals surface area contributed by atoms with E-state index < -0.39 is 24.3 Å². The second-order valence-corrected chi connectivity index (χ2v) is 7.52. The fourth-order valence-electron chi connectivity index (χ4n) is 3.42.